The van der Waals surface area contributed by atoms with Crippen molar-refractivity contribution in [3.05, 3.63) is 124 Å². The van der Waals surface area contributed by atoms with Crippen LogP contribution < -0.4 is 14.2 Å². The maximum atomic E-state index is 13.7. The molecule has 0 aromatic heterocycles. The van der Waals surface area contributed by atoms with Crippen LogP contribution >= 0.6 is 11.6 Å². The standard InChI is InChI=1S/C37H39ClFNO4/c1-7-42-35-21-26(10-18-33(35)43-24-27-8-13-29(14-9-27)37(3,4)5)11-19-36(41)40(6)23-28-12-15-30(38)22-34(28)44-31-16-17-32(39)25(2)20-31/h8-22H,7,23-24H2,1-6H3/b19-11+. The van der Waals surface area contributed by atoms with Crippen LogP contribution in [0.5, 0.6) is 23.0 Å². The second-order valence-electron chi connectivity index (χ2n) is 11.7. The molecule has 7 heteroatoms. The van der Waals surface area contributed by atoms with Crippen LogP contribution in [-0.2, 0) is 23.4 Å². The smallest absolute Gasteiger partial charge is 0.246 e. The van der Waals surface area contributed by atoms with Crippen LogP contribution in [0.2, 0.25) is 5.02 Å². The Balaban J connectivity index is 1.41. The number of carbonyl (C=O) groups is 1. The van der Waals surface area contributed by atoms with Crippen LogP contribution in [0.3, 0.4) is 0 Å². The third kappa shape index (κ3) is 8.87. The van der Waals surface area contributed by atoms with Gasteiger partial charge in [-0.05, 0) is 90.1 Å². The van der Waals surface area contributed by atoms with Crippen molar-refractivity contribution >= 4 is 23.6 Å². The van der Waals surface area contributed by atoms with Gasteiger partial charge >= 0.3 is 0 Å². The van der Waals surface area contributed by atoms with Gasteiger partial charge in [0, 0.05) is 30.3 Å². The molecule has 230 valence electrons. The Labute approximate surface area is 264 Å². The van der Waals surface area contributed by atoms with Gasteiger partial charge in [-0.15, -0.1) is 0 Å². The second-order valence-corrected chi connectivity index (χ2v) is 12.1. The Morgan fingerprint density at radius 1 is 0.909 bits per heavy atom. The Morgan fingerprint density at radius 3 is 2.34 bits per heavy atom. The Bertz CT molecular complexity index is 1630. The molecule has 0 aliphatic heterocycles. The Morgan fingerprint density at radius 2 is 1.66 bits per heavy atom. The third-order valence-corrected chi connectivity index (χ3v) is 7.31. The molecule has 0 bridgehead atoms. The molecule has 5 nitrogen and oxygen atoms in total. The summed E-state index contributed by atoms with van der Waals surface area (Å²) in [6.45, 7) is 11.3. The second kappa shape index (κ2) is 14.5. The molecule has 0 fully saturated rings. The molecule has 0 atom stereocenters. The third-order valence-electron chi connectivity index (χ3n) is 7.07. The predicted octanol–water partition coefficient (Wildman–Crippen LogP) is 9.53. The highest BCUT2D eigenvalue weighted by Crippen LogP contribution is 2.32. The molecule has 4 aromatic rings. The number of hydrogen-bond acceptors (Lipinski definition) is 4. The summed E-state index contributed by atoms with van der Waals surface area (Å²) in [6.07, 6.45) is 3.26. The largest absolute Gasteiger partial charge is 0.490 e. The van der Waals surface area contributed by atoms with E-state index in [4.69, 9.17) is 25.8 Å². The lowest BCUT2D eigenvalue weighted by Crippen LogP contribution is -2.24. The molecule has 4 aromatic carbocycles. The van der Waals surface area contributed by atoms with Gasteiger partial charge in [-0.25, -0.2) is 4.39 Å². The lowest BCUT2D eigenvalue weighted by Gasteiger charge is -2.19. The minimum Gasteiger partial charge on any atom is -0.490 e. The van der Waals surface area contributed by atoms with Crippen molar-refractivity contribution in [3.63, 3.8) is 0 Å². The normalized spacial score (nSPS) is 11.5. The van der Waals surface area contributed by atoms with E-state index in [2.05, 4.69) is 45.0 Å². The van der Waals surface area contributed by atoms with Gasteiger partial charge in [0.1, 0.15) is 23.9 Å². The molecular formula is C37H39ClFNO4. The number of amides is 1. The molecule has 0 radical (unpaired) electrons. The van der Waals surface area contributed by atoms with Crippen molar-refractivity contribution in [1.82, 2.24) is 4.90 Å². The van der Waals surface area contributed by atoms with E-state index in [0.29, 0.717) is 46.8 Å². The van der Waals surface area contributed by atoms with Crippen molar-refractivity contribution in [2.75, 3.05) is 13.7 Å². The number of halogens is 2. The fourth-order valence-electron chi connectivity index (χ4n) is 4.47. The van der Waals surface area contributed by atoms with Crippen LogP contribution in [-0.4, -0.2) is 24.5 Å². The van der Waals surface area contributed by atoms with Gasteiger partial charge in [0.25, 0.3) is 0 Å². The van der Waals surface area contributed by atoms with E-state index in [1.807, 2.05) is 31.2 Å². The number of nitrogens with zero attached hydrogens (tertiary/aromatic N) is 1. The molecule has 0 aliphatic carbocycles. The maximum absolute atomic E-state index is 13.7. The van der Waals surface area contributed by atoms with E-state index in [1.54, 1.807) is 49.2 Å². The highest BCUT2D eigenvalue weighted by atomic mass is 35.5. The van der Waals surface area contributed by atoms with E-state index in [9.17, 15) is 9.18 Å². The number of benzene rings is 4. The highest BCUT2D eigenvalue weighted by Gasteiger charge is 2.15. The number of ether oxygens (including phenoxy) is 3. The van der Waals surface area contributed by atoms with Gasteiger partial charge in [-0.1, -0.05) is 68.8 Å². The van der Waals surface area contributed by atoms with Crippen molar-refractivity contribution < 1.29 is 23.4 Å². The quantitative estimate of drug-likeness (QED) is 0.158. The van der Waals surface area contributed by atoms with Gasteiger partial charge in [0.2, 0.25) is 5.91 Å². The number of rotatable bonds is 11. The van der Waals surface area contributed by atoms with E-state index >= 15 is 0 Å². The number of carbonyl (C=O) groups excluding carboxylic acids is 1. The fraction of sp³-hybridized carbons (Fsp3) is 0.270. The van der Waals surface area contributed by atoms with E-state index in [1.165, 1.54) is 17.7 Å². The van der Waals surface area contributed by atoms with Crippen LogP contribution in [0.4, 0.5) is 4.39 Å². The first-order chi connectivity index (χ1) is 20.9. The van der Waals surface area contributed by atoms with Gasteiger partial charge in [-0.3, -0.25) is 4.79 Å². The zero-order valence-electron chi connectivity index (χ0n) is 26.1. The first kappa shape index (κ1) is 32.6. The summed E-state index contributed by atoms with van der Waals surface area (Å²) in [5, 5.41) is 0.493. The summed E-state index contributed by atoms with van der Waals surface area (Å²) in [4.78, 5) is 14.6. The highest BCUT2D eigenvalue weighted by molar-refractivity contribution is 6.30. The van der Waals surface area contributed by atoms with Crippen molar-refractivity contribution in [2.45, 2.75) is 53.2 Å². The van der Waals surface area contributed by atoms with Gasteiger partial charge in [0.05, 0.1) is 6.61 Å². The molecule has 44 heavy (non-hydrogen) atoms. The zero-order valence-corrected chi connectivity index (χ0v) is 26.9. The molecule has 0 aliphatic rings. The first-order valence-corrected chi connectivity index (χ1v) is 15.0. The molecule has 0 unspecified atom stereocenters. The lowest BCUT2D eigenvalue weighted by atomic mass is 9.87. The zero-order chi connectivity index (χ0) is 31.9. The number of hydrogen-bond donors (Lipinski definition) is 0. The summed E-state index contributed by atoms with van der Waals surface area (Å²) < 4.78 is 31.7. The Kier molecular flexibility index (Phi) is 10.7. The lowest BCUT2D eigenvalue weighted by molar-refractivity contribution is -0.125. The van der Waals surface area contributed by atoms with Crippen molar-refractivity contribution in [1.29, 1.82) is 0 Å². The fourth-order valence-corrected chi connectivity index (χ4v) is 4.63. The summed E-state index contributed by atoms with van der Waals surface area (Å²) in [7, 11) is 1.71. The van der Waals surface area contributed by atoms with E-state index < -0.39 is 0 Å². The number of aryl methyl sites for hydroxylation is 1. The maximum Gasteiger partial charge on any atom is 0.246 e. The topological polar surface area (TPSA) is 48.0 Å². The molecule has 0 spiro atoms. The van der Waals surface area contributed by atoms with E-state index in [-0.39, 0.29) is 23.7 Å². The summed E-state index contributed by atoms with van der Waals surface area (Å²) >= 11 is 6.22. The van der Waals surface area contributed by atoms with Crippen molar-refractivity contribution in [2.24, 2.45) is 0 Å². The van der Waals surface area contributed by atoms with Gasteiger partial charge in [0.15, 0.2) is 11.5 Å². The molecular weight excluding hydrogens is 577 g/mol. The van der Waals surface area contributed by atoms with Crippen LogP contribution in [0, 0.1) is 12.7 Å². The van der Waals surface area contributed by atoms with Gasteiger partial charge < -0.3 is 19.1 Å². The first-order valence-electron chi connectivity index (χ1n) is 14.6. The number of likely N-dealkylation sites (N-methyl/N-ethyl adjacent to an activating group) is 1. The van der Waals surface area contributed by atoms with Crippen LogP contribution in [0.25, 0.3) is 6.08 Å². The minimum absolute atomic E-state index is 0.0960. The molecule has 1 amide bonds. The van der Waals surface area contributed by atoms with Crippen LogP contribution in [0.15, 0.2) is 84.9 Å². The summed E-state index contributed by atoms with van der Waals surface area (Å²) in [5.41, 5.74) is 4.47. The molecule has 0 saturated carbocycles. The summed E-state index contributed by atoms with van der Waals surface area (Å²) in [5.74, 6) is 1.73. The van der Waals surface area contributed by atoms with Crippen LogP contribution in [0.1, 0.15) is 55.5 Å². The summed E-state index contributed by atoms with van der Waals surface area (Å²) in [6, 6.07) is 23.8. The minimum atomic E-state index is -0.307. The SMILES string of the molecule is CCOc1cc(/C=C/C(=O)N(C)Cc2ccc(Cl)cc2Oc2ccc(F)c(C)c2)ccc1OCc1ccc(C(C)(C)C)cc1. The monoisotopic (exact) mass is 615 g/mol. The van der Waals surface area contributed by atoms with Gasteiger partial charge in [-0.2, -0.15) is 0 Å². The predicted molar refractivity (Wildman–Crippen MR) is 175 cm³/mol. The average molecular weight is 616 g/mol. The molecule has 0 heterocycles. The average Bonchev–Trinajstić information content (AvgIpc) is 2.98. The van der Waals surface area contributed by atoms with E-state index in [0.717, 1.165) is 16.7 Å². The molecule has 4 rings (SSSR count). The molecule has 0 saturated heterocycles. The molecule has 0 N–H and O–H groups in total. The Hall–Kier alpha value is -4.29. The van der Waals surface area contributed by atoms with Crippen molar-refractivity contribution in [3.8, 4) is 23.0 Å².